The van der Waals surface area contributed by atoms with Crippen LogP contribution in [0.15, 0.2) is 24.3 Å². The van der Waals surface area contributed by atoms with E-state index < -0.39 is 0 Å². The second-order valence-electron chi connectivity index (χ2n) is 5.43. The van der Waals surface area contributed by atoms with Crippen molar-refractivity contribution in [1.29, 1.82) is 0 Å². The number of para-hydroxylation sites is 1. The lowest BCUT2D eigenvalue weighted by Gasteiger charge is -2.26. The topological polar surface area (TPSA) is 49.6 Å². The van der Waals surface area contributed by atoms with Crippen LogP contribution in [0, 0.1) is 0 Å². The summed E-state index contributed by atoms with van der Waals surface area (Å²) < 4.78 is 0. The van der Waals surface area contributed by atoms with Crippen LogP contribution in [0.2, 0.25) is 0 Å². The zero-order chi connectivity index (χ0) is 13.8. The zero-order valence-corrected chi connectivity index (χ0v) is 11.8. The molecular formula is C15H23N3O. The maximum absolute atomic E-state index is 12.2. The van der Waals surface area contributed by atoms with E-state index in [2.05, 4.69) is 11.9 Å². The number of rotatable bonds is 4. The molecule has 0 aromatic heterocycles. The number of likely N-dealkylation sites (N-methyl/N-ethyl adjacent to an activating group) is 2. The van der Waals surface area contributed by atoms with Crippen LogP contribution in [-0.2, 0) is 11.2 Å². The van der Waals surface area contributed by atoms with Crippen molar-refractivity contribution in [3.8, 4) is 0 Å². The molecule has 0 bridgehead atoms. The van der Waals surface area contributed by atoms with Crippen molar-refractivity contribution < 1.29 is 4.79 Å². The van der Waals surface area contributed by atoms with Crippen LogP contribution in [-0.4, -0.2) is 48.9 Å². The Morgan fingerprint density at radius 2 is 2.21 bits per heavy atom. The number of hydrogen-bond acceptors (Lipinski definition) is 3. The molecule has 19 heavy (non-hydrogen) atoms. The average Bonchev–Trinajstić information content (AvgIpc) is 2.78. The van der Waals surface area contributed by atoms with Crippen molar-refractivity contribution in [2.24, 2.45) is 0 Å². The second-order valence-corrected chi connectivity index (χ2v) is 5.43. The van der Waals surface area contributed by atoms with Crippen molar-refractivity contribution in [2.45, 2.75) is 25.3 Å². The molecule has 1 heterocycles. The molecule has 1 aliphatic heterocycles. The molecular weight excluding hydrogens is 238 g/mol. The number of benzene rings is 1. The minimum Gasteiger partial charge on any atom is -0.398 e. The Labute approximate surface area is 115 Å². The SMILES string of the molecule is CN(CC1CCCN1C)C(=O)Cc1ccccc1N. The predicted molar refractivity (Wildman–Crippen MR) is 77.8 cm³/mol. The largest absolute Gasteiger partial charge is 0.398 e. The fourth-order valence-corrected chi connectivity index (χ4v) is 2.62. The number of carbonyl (C=O) groups excluding carboxylic acids is 1. The van der Waals surface area contributed by atoms with Crippen LogP contribution in [0.4, 0.5) is 5.69 Å². The number of amides is 1. The average molecular weight is 261 g/mol. The third kappa shape index (κ3) is 3.47. The molecule has 2 rings (SSSR count). The molecule has 1 aromatic rings. The van der Waals surface area contributed by atoms with Crippen molar-refractivity contribution in [3.63, 3.8) is 0 Å². The molecule has 1 atom stereocenters. The maximum atomic E-state index is 12.2. The summed E-state index contributed by atoms with van der Waals surface area (Å²) in [4.78, 5) is 16.4. The molecule has 1 fully saturated rings. The standard InChI is InChI=1S/C15H23N3O/c1-17-9-5-7-13(17)11-18(2)15(19)10-12-6-3-4-8-14(12)16/h3-4,6,8,13H,5,7,9-11,16H2,1-2H3. The Kier molecular flexibility index (Phi) is 4.43. The number of nitrogens with zero attached hydrogens (tertiary/aromatic N) is 2. The second kappa shape index (κ2) is 6.06. The summed E-state index contributed by atoms with van der Waals surface area (Å²) in [5.41, 5.74) is 7.49. The number of hydrogen-bond donors (Lipinski definition) is 1. The summed E-state index contributed by atoms with van der Waals surface area (Å²) in [6.45, 7) is 1.94. The van der Waals surface area contributed by atoms with Gasteiger partial charge < -0.3 is 15.5 Å². The molecule has 1 aliphatic rings. The molecule has 1 amide bonds. The molecule has 0 spiro atoms. The predicted octanol–water partition coefficient (Wildman–Crippen LogP) is 1.36. The maximum Gasteiger partial charge on any atom is 0.226 e. The Hall–Kier alpha value is -1.55. The molecule has 1 saturated heterocycles. The van der Waals surface area contributed by atoms with E-state index in [0.29, 0.717) is 18.2 Å². The van der Waals surface area contributed by atoms with Crippen molar-refractivity contribution >= 4 is 11.6 Å². The van der Waals surface area contributed by atoms with Crippen LogP contribution >= 0.6 is 0 Å². The molecule has 4 heteroatoms. The normalized spacial score (nSPS) is 19.6. The Morgan fingerprint density at radius 1 is 1.47 bits per heavy atom. The molecule has 1 aromatic carbocycles. The van der Waals surface area contributed by atoms with Crippen LogP contribution in [0.1, 0.15) is 18.4 Å². The summed E-state index contributed by atoms with van der Waals surface area (Å²) >= 11 is 0. The Balaban J connectivity index is 1.91. The number of anilines is 1. The van der Waals surface area contributed by atoms with Gasteiger partial charge in [-0.3, -0.25) is 4.79 Å². The van der Waals surface area contributed by atoms with Gasteiger partial charge in [0.15, 0.2) is 0 Å². The first-order valence-electron chi connectivity index (χ1n) is 6.85. The van der Waals surface area contributed by atoms with Gasteiger partial charge in [0.2, 0.25) is 5.91 Å². The van der Waals surface area contributed by atoms with Gasteiger partial charge in [-0.25, -0.2) is 0 Å². The first-order valence-corrected chi connectivity index (χ1v) is 6.85. The Bertz CT molecular complexity index is 447. The van der Waals surface area contributed by atoms with Gasteiger partial charge in [0.1, 0.15) is 0 Å². The third-order valence-electron chi connectivity index (χ3n) is 3.98. The molecule has 0 aliphatic carbocycles. The van der Waals surface area contributed by atoms with Gasteiger partial charge in [-0.15, -0.1) is 0 Å². The van der Waals surface area contributed by atoms with E-state index in [0.717, 1.165) is 18.7 Å². The lowest BCUT2D eigenvalue weighted by atomic mass is 10.1. The molecule has 104 valence electrons. The molecule has 4 nitrogen and oxygen atoms in total. The minimum absolute atomic E-state index is 0.137. The van der Waals surface area contributed by atoms with Crippen LogP contribution in [0.5, 0.6) is 0 Å². The highest BCUT2D eigenvalue weighted by Crippen LogP contribution is 2.16. The number of likely N-dealkylation sites (tertiary alicyclic amines) is 1. The lowest BCUT2D eigenvalue weighted by Crippen LogP contribution is -2.40. The molecule has 0 saturated carbocycles. The zero-order valence-electron chi connectivity index (χ0n) is 11.8. The van der Waals surface area contributed by atoms with E-state index in [1.54, 1.807) is 0 Å². The van der Waals surface area contributed by atoms with Crippen molar-refractivity contribution in [1.82, 2.24) is 9.80 Å². The summed E-state index contributed by atoms with van der Waals surface area (Å²) in [6.07, 6.45) is 2.80. The first kappa shape index (κ1) is 13.9. The number of carbonyl (C=O) groups is 1. The smallest absolute Gasteiger partial charge is 0.226 e. The molecule has 2 N–H and O–H groups in total. The van der Waals surface area contributed by atoms with Crippen LogP contribution in [0.3, 0.4) is 0 Å². The number of nitrogens with two attached hydrogens (primary N) is 1. The van der Waals surface area contributed by atoms with Gasteiger partial charge in [0, 0.05) is 25.3 Å². The minimum atomic E-state index is 0.137. The lowest BCUT2D eigenvalue weighted by molar-refractivity contribution is -0.129. The summed E-state index contributed by atoms with van der Waals surface area (Å²) in [7, 11) is 4.01. The summed E-state index contributed by atoms with van der Waals surface area (Å²) in [5.74, 6) is 0.137. The van der Waals surface area contributed by atoms with E-state index in [9.17, 15) is 4.79 Å². The van der Waals surface area contributed by atoms with Gasteiger partial charge in [-0.05, 0) is 38.1 Å². The quantitative estimate of drug-likeness (QED) is 0.833. The highest BCUT2D eigenvalue weighted by Gasteiger charge is 2.23. The fraction of sp³-hybridized carbons (Fsp3) is 0.533. The van der Waals surface area contributed by atoms with E-state index in [4.69, 9.17) is 5.73 Å². The monoisotopic (exact) mass is 261 g/mol. The highest BCUT2D eigenvalue weighted by molar-refractivity contribution is 5.80. The van der Waals surface area contributed by atoms with Crippen molar-refractivity contribution in [2.75, 3.05) is 32.9 Å². The van der Waals surface area contributed by atoms with Crippen LogP contribution in [0.25, 0.3) is 0 Å². The summed E-state index contributed by atoms with van der Waals surface area (Å²) in [6, 6.07) is 8.07. The van der Waals surface area contributed by atoms with Gasteiger partial charge in [0.25, 0.3) is 0 Å². The van der Waals surface area contributed by atoms with E-state index >= 15 is 0 Å². The fourth-order valence-electron chi connectivity index (χ4n) is 2.62. The number of nitrogen functional groups attached to an aromatic ring is 1. The van der Waals surface area contributed by atoms with Crippen LogP contribution < -0.4 is 5.73 Å². The van der Waals surface area contributed by atoms with E-state index in [1.165, 1.54) is 12.8 Å². The van der Waals surface area contributed by atoms with E-state index in [1.807, 2.05) is 36.2 Å². The van der Waals surface area contributed by atoms with E-state index in [-0.39, 0.29) is 5.91 Å². The van der Waals surface area contributed by atoms with Gasteiger partial charge >= 0.3 is 0 Å². The highest BCUT2D eigenvalue weighted by atomic mass is 16.2. The Morgan fingerprint density at radius 3 is 2.84 bits per heavy atom. The third-order valence-corrected chi connectivity index (χ3v) is 3.98. The van der Waals surface area contributed by atoms with Crippen molar-refractivity contribution in [3.05, 3.63) is 29.8 Å². The van der Waals surface area contributed by atoms with Gasteiger partial charge in [-0.2, -0.15) is 0 Å². The molecule has 0 radical (unpaired) electrons. The van der Waals surface area contributed by atoms with Gasteiger partial charge in [0.05, 0.1) is 6.42 Å². The summed E-state index contributed by atoms with van der Waals surface area (Å²) in [5, 5.41) is 0. The molecule has 1 unspecified atom stereocenters. The first-order chi connectivity index (χ1) is 9.08. The van der Waals surface area contributed by atoms with Gasteiger partial charge in [-0.1, -0.05) is 18.2 Å².